The van der Waals surface area contributed by atoms with E-state index in [1.807, 2.05) is 60.7 Å². The number of hydrogen-bond acceptors (Lipinski definition) is 5. The molecule has 1 heterocycles. The number of nitrogens with zero attached hydrogens (tertiary/aromatic N) is 1. The monoisotopic (exact) mass is 313 g/mol. The number of methoxy groups -OCH3 is 1. The first-order chi connectivity index (χ1) is 11.2. The first kappa shape index (κ1) is 15.5. The second-order valence-corrected chi connectivity index (χ2v) is 5.44. The van der Waals surface area contributed by atoms with Crippen molar-refractivity contribution in [3.8, 4) is 0 Å². The van der Waals surface area contributed by atoms with Gasteiger partial charge in [-0.05, 0) is 17.7 Å². The fourth-order valence-electron chi connectivity index (χ4n) is 2.80. The molecule has 0 amide bonds. The minimum Gasteiger partial charge on any atom is -0.467 e. The highest BCUT2D eigenvalue weighted by Gasteiger charge is 2.41. The fourth-order valence-corrected chi connectivity index (χ4v) is 2.80. The van der Waals surface area contributed by atoms with Gasteiger partial charge in [0, 0.05) is 6.42 Å². The zero-order chi connectivity index (χ0) is 16.2. The normalized spacial score (nSPS) is 21.9. The molecule has 3 rings (SSSR count). The van der Waals surface area contributed by atoms with Crippen molar-refractivity contribution in [2.45, 2.75) is 24.7 Å². The average molecular weight is 313 g/mol. The topological polar surface area (TPSA) is 59.0 Å². The van der Waals surface area contributed by atoms with Gasteiger partial charge >= 0.3 is 5.97 Å². The van der Waals surface area contributed by atoms with Crippen molar-refractivity contribution >= 4 is 11.7 Å². The van der Waals surface area contributed by atoms with Crippen LogP contribution in [0.25, 0.3) is 0 Å². The number of rotatable bonds is 4. The van der Waals surface area contributed by atoms with E-state index in [1.165, 1.54) is 7.11 Å². The van der Waals surface area contributed by atoms with E-state index in [2.05, 4.69) is 4.74 Å². The molecule has 0 radical (unpaired) electrons. The lowest BCUT2D eigenvalue weighted by molar-refractivity contribution is -0.157. The van der Waals surface area contributed by atoms with E-state index in [1.54, 1.807) is 5.06 Å². The van der Waals surface area contributed by atoms with Crippen LogP contribution in [0.4, 0.5) is 5.69 Å². The fraction of sp³-hybridized carbons (Fsp3) is 0.278. The van der Waals surface area contributed by atoms with Crippen LogP contribution >= 0.6 is 0 Å². The SMILES string of the molecule is COC(=O)C(O)C1CC(c2ccccc2)N(c2ccccc2)O1. The van der Waals surface area contributed by atoms with Gasteiger partial charge in [-0.25, -0.2) is 9.86 Å². The second-order valence-electron chi connectivity index (χ2n) is 5.44. The Hall–Kier alpha value is -2.37. The Balaban J connectivity index is 1.90. The lowest BCUT2D eigenvalue weighted by Crippen LogP contribution is -2.35. The minimum atomic E-state index is -1.31. The second kappa shape index (κ2) is 6.81. The zero-order valence-electron chi connectivity index (χ0n) is 12.8. The van der Waals surface area contributed by atoms with Gasteiger partial charge in [0.25, 0.3) is 0 Å². The van der Waals surface area contributed by atoms with Crippen molar-refractivity contribution in [1.29, 1.82) is 0 Å². The van der Waals surface area contributed by atoms with Gasteiger partial charge in [0.15, 0.2) is 6.10 Å². The summed E-state index contributed by atoms with van der Waals surface area (Å²) in [6, 6.07) is 19.5. The van der Waals surface area contributed by atoms with Gasteiger partial charge in [-0.1, -0.05) is 48.5 Å². The van der Waals surface area contributed by atoms with E-state index >= 15 is 0 Å². The molecular weight excluding hydrogens is 294 g/mol. The third-order valence-electron chi connectivity index (χ3n) is 3.98. The molecule has 3 atom stereocenters. The summed E-state index contributed by atoms with van der Waals surface area (Å²) in [7, 11) is 1.25. The van der Waals surface area contributed by atoms with Crippen LogP contribution < -0.4 is 5.06 Å². The van der Waals surface area contributed by atoms with E-state index in [-0.39, 0.29) is 6.04 Å². The van der Waals surface area contributed by atoms with Crippen molar-refractivity contribution in [3.63, 3.8) is 0 Å². The maximum absolute atomic E-state index is 11.6. The van der Waals surface area contributed by atoms with Gasteiger partial charge in [-0.2, -0.15) is 0 Å². The van der Waals surface area contributed by atoms with Crippen LogP contribution in [0.15, 0.2) is 60.7 Å². The number of benzene rings is 2. The first-order valence-corrected chi connectivity index (χ1v) is 7.52. The molecule has 2 aromatic carbocycles. The van der Waals surface area contributed by atoms with E-state index in [0.717, 1.165) is 11.3 Å². The molecule has 3 unspecified atom stereocenters. The van der Waals surface area contributed by atoms with Gasteiger partial charge in [0.05, 0.1) is 18.8 Å². The first-order valence-electron chi connectivity index (χ1n) is 7.52. The molecule has 1 N–H and O–H groups in total. The molecule has 5 heteroatoms. The Morgan fingerprint density at radius 2 is 1.78 bits per heavy atom. The summed E-state index contributed by atoms with van der Waals surface area (Å²) >= 11 is 0. The smallest absolute Gasteiger partial charge is 0.337 e. The Labute approximate surface area is 135 Å². The molecule has 5 nitrogen and oxygen atoms in total. The summed E-state index contributed by atoms with van der Waals surface area (Å²) in [5, 5.41) is 11.9. The number of esters is 1. The predicted molar refractivity (Wildman–Crippen MR) is 85.6 cm³/mol. The molecule has 1 aliphatic heterocycles. The standard InChI is InChI=1S/C18H19NO4/c1-22-18(21)17(20)16-12-15(13-8-4-2-5-9-13)19(23-16)14-10-6-3-7-11-14/h2-11,15-17,20H,12H2,1H3. The number of anilines is 1. The Morgan fingerprint density at radius 1 is 1.17 bits per heavy atom. The maximum atomic E-state index is 11.6. The van der Waals surface area contributed by atoms with Crippen LogP contribution in [0.5, 0.6) is 0 Å². The van der Waals surface area contributed by atoms with Crippen LogP contribution in [0.1, 0.15) is 18.0 Å². The summed E-state index contributed by atoms with van der Waals surface area (Å²) in [4.78, 5) is 17.5. The summed E-state index contributed by atoms with van der Waals surface area (Å²) < 4.78 is 4.62. The van der Waals surface area contributed by atoms with E-state index < -0.39 is 18.2 Å². The number of aliphatic hydroxyl groups is 1. The molecular formula is C18H19NO4. The van der Waals surface area contributed by atoms with Crippen molar-refractivity contribution in [3.05, 3.63) is 66.2 Å². The van der Waals surface area contributed by atoms with Crippen LogP contribution in [0, 0.1) is 0 Å². The number of carbonyl (C=O) groups excluding carboxylic acids is 1. The molecule has 2 aromatic rings. The largest absolute Gasteiger partial charge is 0.467 e. The zero-order valence-corrected chi connectivity index (χ0v) is 12.8. The summed E-state index contributed by atoms with van der Waals surface area (Å²) in [6.07, 6.45) is -1.46. The van der Waals surface area contributed by atoms with Crippen LogP contribution in [-0.2, 0) is 14.4 Å². The van der Waals surface area contributed by atoms with Crippen molar-refractivity contribution in [1.82, 2.24) is 0 Å². The van der Waals surface area contributed by atoms with Crippen LogP contribution in [0.3, 0.4) is 0 Å². The Kier molecular flexibility index (Phi) is 4.60. The van der Waals surface area contributed by atoms with Crippen molar-refractivity contribution in [2.24, 2.45) is 0 Å². The Morgan fingerprint density at radius 3 is 2.39 bits per heavy atom. The minimum absolute atomic E-state index is 0.0806. The molecule has 0 aliphatic carbocycles. The van der Waals surface area contributed by atoms with Crippen LogP contribution in [0.2, 0.25) is 0 Å². The lowest BCUT2D eigenvalue weighted by Gasteiger charge is -2.25. The van der Waals surface area contributed by atoms with E-state index in [9.17, 15) is 9.90 Å². The summed E-state index contributed by atoms with van der Waals surface area (Å²) in [5.41, 5.74) is 1.94. The van der Waals surface area contributed by atoms with E-state index in [4.69, 9.17) is 4.84 Å². The van der Waals surface area contributed by atoms with Gasteiger partial charge in [0.1, 0.15) is 6.10 Å². The number of hydroxylamine groups is 1. The number of aliphatic hydroxyl groups excluding tert-OH is 1. The lowest BCUT2D eigenvalue weighted by atomic mass is 9.99. The third-order valence-corrected chi connectivity index (χ3v) is 3.98. The molecule has 0 aromatic heterocycles. The highest BCUT2D eigenvalue weighted by Crippen LogP contribution is 2.38. The number of hydrogen-bond donors (Lipinski definition) is 1. The number of carbonyl (C=O) groups is 1. The predicted octanol–water partition coefficient (Wildman–Crippen LogP) is 2.47. The van der Waals surface area contributed by atoms with Gasteiger partial charge < -0.3 is 9.84 Å². The molecule has 0 bridgehead atoms. The number of para-hydroxylation sites is 1. The average Bonchev–Trinajstić information content (AvgIpc) is 3.07. The Bertz CT molecular complexity index is 599. The van der Waals surface area contributed by atoms with Gasteiger partial charge in [-0.3, -0.25) is 4.84 Å². The maximum Gasteiger partial charge on any atom is 0.337 e. The number of ether oxygens (including phenoxy) is 1. The van der Waals surface area contributed by atoms with Crippen molar-refractivity contribution < 1.29 is 19.5 Å². The highest BCUT2D eigenvalue weighted by molar-refractivity contribution is 5.75. The van der Waals surface area contributed by atoms with Crippen LogP contribution in [-0.4, -0.2) is 30.4 Å². The van der Waals surface area contributed by atoms with Gasteiger partial charge in [-0.15, -0.1) is 0 Å². The van der Waals surface area contributed by atoms with E-state index in [0.29, 0.717) is 6.42 Å². The highest BCUT2D eigenvalue weighted by atomic mass is 16.7. The summed E-state index contributed by atoms with van der Waals surface area (Å²) in [6.45, 7) is 0. The summed E-state index contributed by atoms with van der Waals surface area (Å²) in [5.74, 6) is -0.684. The quantitative estimate of drug-likeness (QED) is 0.879. The third kappa shape index (κ3) is 3.21. The van der Waals surface area contributed by atoms with Crippen molar-refractivity contribution in [2.75, 3.05) is 12.2 Å². The van der Waals surface area contributed by atoms with Gasteiger partial charge in [0.2, 0.25) is 0 Å². The molecule has 0 spiro atoms. The molecule has 23 heavy (non-hydrogen) atoms. The molecule has 1 fully saturated rings. The molecule has 120 valence electrons. The molecule has 1 saturated heterocycles. The molecule has 1 aliphatic rings. The molecule has 0 saturated carbocycles.